The summed E-state index contributed by atoms with van der Waals surface area (Å²) in [6.07, 6.45) is 8.83. The van der Waals surface area contributed by atoms with Crippen molar-refractivity contribution < 1.29 is 4.42 Å². The van der Waals surface area contributed by atoms with Crippen LogP contribution in [0.1, 0.15) is 49.6 Å². The van der Waals surface area contributed by atoms with Gasteiger partial charge in [-0.1, -0.05) is 35.2 Å². The predicted octanol–water partition coefficient (Wildman–Crippen LogP) is 4.68. The monoisotopic (exact) mass is 399 g/mol. The third-order valence-corrected chi connectivity index (χ3v) is 5.14. The van der Waals surface area contributed by atoms with Gasteiger partial charge in [-0.05, 0) is 43.2 Å². The van der Waals surface area contributed by atoms with Crippen molar-refractivity contribution in [2.75, 3.05) is 0 Å². The van der Waals surface area contributed by atoms with E-state index in [4.69, 9.17) is 9.40 Å². The van der Waals surface area contributed by atoms with Gasteiger partial charge >= 0.3 is 0 Å². The SMILES string of the molecule is O=c1c2cc(Br)ccc2nc(C2CCCCC2)n1N=Cc1ccco1. The summed E-state index contributed by atoms with van der Waals surface area (Å²) in [6, 6.07) is 9.19. The summed E-state index contributed by atoms with van der Waals surface area (Å²) >= 11 is 3.43. The van der Waals surface area contributed by atoms with Gasteiger partial charge in [0.1, 0.15) is 11.6 Å². The summed E-state index contributed by atoms with van der Waals surface area (Å²) in [5.41, 5.74) is 0.577. The molecule has 3 aromatic rings. The molecule has 0 spiro atoms. The van der Waals surface area contributed by atoms with Crippen molar-refractivity contribution in [2.45, 2.75) is 38.0 Å². The molecule has 1 aliphatic carbocycles. The number of hydrogen-bond donors (Lipinski definition) is 0. The van der Waals surface area contributed by atoms with Gasteiger partial charge in [0.2, 0.25) is 0 Å². The molecular formula is C19H18BrN3O2. The van der Waals surface area contributed by atoms with E-state index in [1.165, 1.54) is 23.9 Å². The molecule has 0 aliphatic heterocycles. The van der Waals surface area contributed by atoms with Gasteiger partial charge < -0.3 is 4.42 Å². The highest BCUT2D eigenvalue weighted by Gasteiger charge is 2.22. The van der Waals surface area contributed by atoms with Gasteiger partial charge in [0.15, 0.2) is 0 Å². The zero-order chi connectivity index (χ0) is 17.2. The van der Waals surface area contributed by atoms with Crippen LogP contribution < -0.4 is 5.56 Å². The second-order valence-corrected chi connectivity index (χ2v) is 7.26. The molecule has 0 bridgehead atoms. The highest BCUT2D eigenvalue weighted by molar-refractivity contribution is 9.10. The molecule has 0 saturated heterocycles. The van der Waals surface area contributed by atoms with Crippen LogP contribution >= 0.6 is 15.9 Å². The third kappa shape index (κ3) is 3.31. The summed E-state index contributed by atoms with van der Waals surface area (Å²) in [5.74, 6) is 1.63. The minimum atomic E-state index is -0.144. The van der Waals surface area contributed by atoms with E-state index in [2.05, 4.69) is 21.0 Å². The molecule has 0 radical (unpaired) electrons. The van der Waals surface area contributed by atoms with E-state index in [1.54, 1.807) is 30.7 Å². The second-order valence-electron chi connectivity index (χ2n) is 6.34. The average Bonchev–Trinajstić information content (AvgIpc) is 3.15. The van der Waals surface area contributed by atoms with Crippen molar-refractivity contribution >= 4 is 33.0 Å². The molecule has 6 heteroatoms. The highest BCUT2D eigenvalue weighted by atomic mass is 79.9. The van der Waals surface area contributed by atoms with Gasteiger partial charge in [0, 0.05) is 10.4 Å². The summed E-state index contributed by atoms with van der Waals surface area (Å²) < 4.78 is 7.60. The zero-order valence-electron chi connectivity index (χ0n) is 13.7. The Morgan fingerprint density at radius 2 is 2.08 bits per heavy atom. The van der Waals surface area contributed by atoms with Gasteiger partial charge in [-0.15, -0.1) is 0 Å². The van der Waals surface area contributed by atoms with Crippen molar-refractivity contribution in [3.8, 4) is 0 Å². The van der Waals surface area contributed by atoms with Crippen molar-refractivity contribution in [1.29, 1.82) is 0 Å². The van der Waals surface area contributed by atoms with E-state index >= 15 is 0 Å². The molecule has 0 unspecified atom stereocenters. The number of furan rings is 1. The van der Waals surface area contributed by atoms with Gasteiger partial charge in [-0.25, -0.2) is 4.98 Å². The Kier molecular flexibility index (Phi) is 4.53. The maximum atomic E-state index is 13.1. The number of aromatic nitrogens is 2. The van der Waals surface area contributed by atoms with E-state index in [0.29, 0.717) is 11.1 Å². The highest BCUT2D eigenvalue weighted by Crippen LogP contribution is 2.32. The van der Waals surface area contributed by atoms with Gasteiger partial charge in [0.05, 0.1) is 23.4 Å². The molecule has 1 aromatic carbocycles. The molecule has 1 aliphatic rings. The molecule has 5 nitrogen and oxygen atoms in total. The molecule has 1 fully saturated rings. The molecule has 0 atom stereocenters. The number of halogens is 1. The Bertz CT molecular complexity index is 970. The van der Waals surface area contributed by atoms with E-state index in [-0.39, 0.29) is 11.5 Å². The lowest BCUT2D eigenvalue weighted by molar-refractivity contribution is 0.416. The first-order chi connectivity index (χ1) is 12.2. The quantitative estimate of drug-likeness (QED) is 0.600. The first-order valence-electron chi connectivity index (χ1n) is 8.52. The lowest BCUT2D eigenvalue weighted by Crippen LogP contribution is -2.25. The lowest BCUT2D eigenvalue weighted by atomic mass is 9.88. The van der Waals surface area contributed by atoms with E-state index < -0.39 is 0 Å². The average molecular weight is 400 g/mol. The Balaban J connectivity index is 1.89. The number of rotatable bonds is 3. The normalized spacial score (nSPS) is 16.0. The van der Waals surface area contributed by atoms with Crippen LogP contribution in [0.2, 0.25) is 0 Å². The fourth-order valence-corrected chi connectivity index (χ4v) is 3.74. The molecule has 4 rings (SSSR count). The summed E-state index contributed by atoms with van der Waals surface area (Å²) in [4.78, 5) is 17.9. The first-order valence-corrected chi connectivity index (χ1v) is 9.32. The topological polar surface area (TPSA) is 60.4 Å². The number of benzene rings is 1. The van der Waals surface area contributed by atoms with Crippen LogP contribution in [-0.4, -0.2) is 15.9 Å². The van der Waals surface area contributed by atoms with Crippen LogP contribution in [0, 0.1) is 0 Å². The molecule has 128 valence electrons. The number of hydrogen-bond acceptors (Lipinski definition) is 4. The van der Waals surface area contributed by atoms with Crippen LogP contribution in [0.15, 0.2) is 55.4 Å². The molecule has 25 heavy (non-hydrogen) atoms. The Morgan fingerprint density at radius 1 is 1.24 bits per heavy atom. The maximum Gasteiger partial charge on any atom is 0.282 e. The second kappa shape index (κ2) is 6.96. The van der Waals surface area contributed by atoms with Gasteiger partial charge in [0.25, 0.3) is 5.56 Å². The van der Waals surface area contributed by atoms with Crippen LogP contribution in [-0.2, 0) is 0 Å². The summed E-state index contributed by atoms with van der Waals surface area (Å²) in [6.45, 7) is 0. The molecule has 2 aromatic heterocycles. The fourth-order valence-electron chi connectivity index (χ4n) is 3.38. The number of nitrogens with zero attached hydrogens (tertiary/aromatic N) is 3. The van der Waals surface area contributed by atoms with Crippen LogP contribution in [0.25, 0.3) is 10.9 Å². The Hall–Kier alpha value is -2.21. The molecular weight excluding hydrogens is 382 g/mol. The lowest BCUT2D eigenvalue weighted by Gasteiger charge is -2.22. The van der Waals surface area contributed by atoms with Gasteiger partial charge in [-0.2, -0.15) is 9.78 Å². The largest absolute Gasteiger partial charge is 0.463 e. The number of fused-ring (bicyclic) bond motifs is 1. The first kappa shape index (κ1) is 16.3. The van der Waals surface area contributed by atoms with Crippen molar-refractivity contribution in [3.63, 3.8) is 0 Å². The fraction of sp³-hybridized carbons (Fsp3) is 0.316. The van der Waals surface area contributed by atoms with Crippen molar-refractivity contribution in [2.24, 2.45) is 5.10 Å². The third-order valence-electron chi connectivity index (χ3n) is 4.65. The van der Waals surface area contributed by atoms with Crippen LogP contribution in [0.5, 0.6) is 0 Å². The maximum absolute atomic E-state index is 13.1. The molecule has 0 amide bonds. The summed E-state index contributed by atoms with van der Waals surface area (Å²) in [7, 11) is 0. The van der Waals surface area contributed by atoms with E-state index in [9.17, 15) is 4.79 Å². The van der Waals surface area contributed by atoms with E-state index in [0.717, 1.165) is 28.7 Å². The minimum absolute atomic E-state index is 0.144. The van der Waals surface area contributed by atoms with Crippen molar-refractivity contribution in [1.82, 2.24) is 9.66 Å². The zero-order valence-corrected chi connectivity index (χ0v) is 15.3. The Labute approximate surface area is 153 Å². The Morgan fingerprint density at radius 3 is 2.84 bits per heavy atom. The van der Waals surface area contributed by atoms with E-state index in [1.807, 2.05) is 12.1 Å². The summed E-state index contributed by atoms with van der Waals surface area (Å²) in [5, 5.41) is 4.97. The molecule has 0 N–H and O–H groups in total. The molecule has 2 heterocycles. The molecule has 1 saturated carbocycles. The minimum Gasteiger partial charge on any atom is -0.463 e. The smallest absolute Gasteiger partial charge is 0.282 e. The van der Waals surface area contributed by atoms with Crippen molar-refractivity contribution in [3.05, 3.63) is 63.0 Å². The standard InChI is InChI=1S/C19H18BrN3O2/c20-14-8-9-17-16(11-14)19(24)23(21-12-15-7-4-10-25-15)18(22-17)13-5-2-1-3-6-13/h4,7-13H,1-3,5-6H2. The van der Waals surface area contributed by atoms with Crippen LogP contribution in [0.3, 0.4) is 0 Å². The predicted molar refractivity (Wildman–Crippen MR) is 101 cm³/mol. The van der Waals surface area contributed by atoms with Crippen LogP contribution in [0.4, 0.5) is 0 Å². The van der Waals surface area contributed by atoms with Gasteiger partial charge in [-0.3, -0.25) is 4.79 Å².